The zero-order chi connectivity index (χ0) is 34.5. The average Bonchev–Trinajstić information content (AvgIpc) is 3.06. The SMILES string of the molecule is CCCCCCCCCCCCCCCCCCOC(=O)CC[C@H](NC(=O)CCCCCCCCCCCCCCCCC)C(=O)O. The summed E-state index contributed by atoms with van der Waals surface area (Å²) >= 11 is 0. The number of ether oxygens (including phenoxy) is 1. The van der Waals surface area contributed by atoms with E-state index in [0.29, 0.717) is 13.0 Å². The van der Waals surface area contributed by atoms with Crippen LogP contribution >= 0.6 is 0 Å². The van der Waals surface area contributed by atoms with Crippen molar-refractivity contribution >= 4 is 17.8 Å². The molecule has 0 aromatic carbocycles. The second kappa shape index (κ2) is 37.2. The fourth-order valence-electron chi connectivity index (χ4n) is 6.35. The van der Waals surface area contributed by atoms with Crippen LogP contribution in [-0.4, -0.2) is 35.6 Å². The highest BCUT2D eigenvalue weighted by atomic mass is 16.5. The van der Waals surface area contributed by atoms with Crippen molar-refractivity contribution in [2.45, 2.75) is 238 Å². The van der Waals surface area contributed by atoms with Crippen LogP contribution < -0.4 is 5.32 Å². The van der Waals surface area contributed by atoms with Gasteiger partial charge >= 0.3 is 11.9 Å². The lowest BCUT2D eigenvalue weighted by atomic mass is 10.0. The molecule has 1 atom stereocenters. The summed E-state index contributed by atoms with van der Waals surface area (Å²) in [6.45, 7) is 4.92. The number of rotatable bonds is 38. The number of nitrogens with one attached hydrogen (secondary N) is 1. The predicted octanol–water partition coefficient (Wildman–Crippen LogP) is 12.4. The molecule has 0 spiro atoms. The minimum atomic E-state index is -1.10. The molecule has 0 heterocycles. The highest BCUT2D eigenvalue weighted by Gasteiger charge is 2.21. The van der Waals surface area contributed by atoms with Crippen molar-refractivity contribution in [1.82, 2.24) is 5.32 Å². The van der Waals surface area contributed by atoms with Gasteiger partial charge in [-0.05, 0) is 19.3 Å². The smallest absolute Gasteiger partial charge is 0.326 e. The molecule has 0 saturated heterocycles. The van der Waals surface area contributed by atoms with E-state index in [9.17, 15) is 19.5 Å². The van der Waals surface area contributed by atoms with Gasteiger partial charge in [0.25, 0.3) is 0 Å². The van der Waals surface area contributed by atoms with Crippen LogP contribution in [0, 0.1) is 0 Å². The van der Waals surface area contributed by atoms with Crippen molar-refractivity contribution in [1.29, 1.82) is 0 Å². The van der Waals surface area contributed by atoms with E-state index in [4.69, 9.17) is 4.74 Å². The Morgan fingerprint density at radius 3 is 1.13 bits per heavy atom. The van der Waals surface area contributed by atoms with Gasteiger partial charge in [0, 0.05) is 12.8 Å². The average molecular weight is 666 g/mol. The van der Waals surface area contributed by atoms with Gasteiger partial charge in [-0.2, -0.15) is 0 Å². The molecule has 47 heavy (non-hydrogen) atoms. The zero-order valence-electron chi connectivity index (χ0n) is 31.4. The number of esters is 1. The molecule has 6 heteroatoms. The van der Waals surface area contributed by atoms with Crippen molar-refractivity contribution < 1.29 is 24.2 Å². The van der Waals surface area contributed by atoms with Gasteiger partial charge in [-0.1, -0.05) is 200 Å². The van der Waals surface area contributed by atoms with Crippen LogP contribution in [0.5, 0.6) is 0 Å². The van der Waals surface area contributed by atoms with E-state index in [-0.39, 0.29) is 24.7 Å². The molecule has 0 rings (SSSR count). The van der Waals surface area contributed by atoms with E-state index in [1.165, 1.54) is 167 Å². The van der Waals surface area contributed by atoms with E-state index < -0.39 is 12.0 Å². The summed E-state index contributed by atoms with van der Waals surface area (Å²) in [5, 5.41) is 12.1. The van der Waals surface area contributed by atoms with Crippen LogP contribution in [0.15, 0.2) is 0 Å². The zero-order valence-corrected chi connectivity index (χ0v) is 31.4. The molecule has 0 saturated carbocycles. The Bertz CT molecular complexity index is 697. The summed E-state index contributed by atoms with van der Waals surface area (Å²) < 4.78 is 5.31. The number of amides is 1. The Labute approximate surface area is 291 Å². The maximum atomic E-state index is 12.3. The summed E-state index contributed by atoms with van der Waals surface area (Å²) in [4.78, 5) is 36.0. The summed E-state index contributed by atoms with van der Waals surface area (Å²) in [7, 11) is 0. The fraction of sp³-hybridized carbons (Fsp3) is 0.927. The molecule has 0 unspecified atom stereocenters. The molecular formula is C41H79NO5. The third-order valence-corrected chi connectivity index (χ3v) is 9.54. The van der Waals surface area contributed by atoms with Crippen LogP contribution in [-0.2, 0) is 19.1 Å². The Hall–Kier alpha value is -1.59. The largest absolute Gasteiger partial charge is 0.480 e. The van der Waals surface area contributed by atoms with Crippen molar-refractivity contribution in [3.05, 3.63) is 0 Å². The maximum absolute atomic E-state index is 12.3. The number of carboxylic acids is 1. The van der Waals surface area contributed by atoms with Crippen LogP contribution in [0.1, 0.15) is 232 Å². The third kappa shape index (κ3) is 35.5. The van der Waals surface area contributed by atoms with Gasteiger partial charge in [0.2, 0.25) is 5.91 Å². The van der Waals surface area contributed by atoms with E-state index in [2.05, 4.69) is 19.2 Å². The molecule has 2 N–H and O–H groups in total. The minimum absolute atomic E-state index is 0.00899. The summed E-state index contributed by atoms with van der Waals surface area (Å²) in [6.07, 6.45) is 40.2. The number of carboxylic acid groups (broad SMARTS) is 1. The first-order valence-electron chi connectivity index (χ1n) is 20.7. The standard InChI is InChI=1S/C41H79NO5/c1-3-5-7-9-11-13-15-17-19-21-23-25-27-29-31-33-37-47-40(44)36-35-38(41(45)46)42-39(43)34-32-30-28-26-24-22-20-18-16-14-12-10-8-6-4-2/h38H,3-37H2,1-2H3,(H,42,43)(H,45,46)/t38-/m0/s1. The van der Waals surface area contributed by atoms with E-state index in [1.807, 2.05) is 0 Å². The minimum Gasteiger partial charge on any atom is -0.480 e. The Morgan fingerprint density at radius 2 is 0.787 bits per heavy atom. The lowest BCUT2D eigenvalue weighted by Gasteiger charge is -2.14. The normalized spacial score (nSPS) is 11.9. The van der Waals surface area contributed by atoms with Crippen LogP contribution in [0.4, 0.5) is 0 Å². The molecule has 0 aliphatic heterocycles. The molecule has 0 aromatic rings. The van der Waals surface area contributed by atoms with Gasteiger partial charge in [0.05, 0.1) is 6.61 Å². The van der Waals surface area contributed by atoms with Crippen molar-refractivity contribution in [3.63, 3.8) is 0 Å². The predicted molar refractivity (Wildman–Crippen MR) is 199 cm³/mol. The molecule has 278 valence electrons. The number of aliphatic carboxylic acids is 1. The molecule has 6 nitrogen and oxygen atoms in total. The van der Waals surface area contributed by atoms with E-state index in [0.717, 1.165) is 32.1 Å². The summed E-state index contributed by atoms with van der Waals surface area (Å²) in [5.74, 6) is -1.72. The van der Waals surface area contributed by atoms with Gasteiger partial charge in [-0.15, -0.1) is 0 Å². The number of carbonyl (C=O) groups is 3. The maximum Gasteiger partial charge on any atom is 0.326 e. The highest BCUT2D eigenvalue weighted by Crippen LogP contribution is 2.15. The third-order valence-electron chi connectivity index (χ3n) is 9.54. The van der Waals surface area contributed by atoms with Gasteiger partial charge in [0.1, 0.15) is 6.04 Å². The molecule has 0 bridgehead atoms. The molecule has 1 amide bonds. The monoisotopic (exact) mass is 666 g/mol. The van der Waals surface area contributed by atoms with Crippen LogP contribution in [0.3, 0.4) is 0 Å². The molecule has 0 aromatic heterocycles. The second-order valence-electron chi connectivity index (χ2n) is 14.2. The number of unbranched alkanes of at least 4 members (excludes halogenated alkanes) is 29. The molecular weight excluding hydrogens is 586 g/mol. The highest BCUT2D eigenvalue weighted by molar-refractivity contribution is 5.84. The fourth-order valence-corrected chi connectivity index (χ4v) is 6.35. The summed E-state index contributed by atoms with van der Waals surface area (Å²) in [6, 6.07) is -1.04. The van der Waals surface area contributed by atoms with Crippen molar-refractivity contribution in [3.8, 4) is 0 Å². The van der Waals surface area contributed by atoms with Crippen LogP contribution in [0.2, 0.25) is 0 Å². The quantitative estimate of drug-likeness (QED) is 0.0506. The lowest BCUT2D eigenvalue weighted by molar-refractivity contribution is -0.145. The lowest BCUT2D eigenvalue weighted by Crippen LogP contribution is -2.41. The second-order valence-corrected chi connectivity index (χ2v) is 14.2. The van der Waals surface area contributed by atoms with E-state index >= 15 is 0 Å². The van der Waals surface area contributed by atoms with E-state index in [1.54, 1.807) is 0 Å². The first-order chi connectivity index (χ1) is 23.0. The molecule has 0 aliphatic rings. The number of carbonyl (C=O) groups excluding carboxylic acids is 2. The molecule has 0 radical (unpaired) electrons. The topological polar surface area (TPSA) is 92.7 Å². The number of hydrogen-bond acceptors (Lipinski definition) is 4. The molecule has 0 aliphatic carbocycles. The molecule has 0 fully saturated rings. The first-order valence-corrected chi connectivity index (χ1v) is 20.7. The van der Waals surface area contributed by atoms with Gasteiger partial charge in [-0.3, -0.25) is 9.59 Å². The number of hydrogen-bond donors (Lipinski definition) is 2. The van der Waals surface area contributed by atoms with Gasteiger partial charge in [-0.25, -0.2) is 4.79 Å². The Kier molecular flexibility index (Phi) is 36.0. The van der Waals surface area contributed by atoms with Crippen LogP contribution in [0.25, 0.3) is 0 Å². The van der Waals surface area contributed by atoms with Gasteiger partial charge < -0.3 is 15.2 Å². The van der Waals surface area contributed by atoms with Crippen molar-refractivity contribution in [2.24, 2.45) is 0 Å². The summed E-state index contributed by atoms with van der Waals surface area (Å²) in [5.41, 5.74) is 0. The first kappa shape index (κ1) is 45.4. The Balaban J connectivity index is 3.59. The van der Waals surface area contributed by atoms with Gasteiger partial charge in [0.15, 0.2) is 0 Å². The van der Waals surface area contributed by atoms with Crippen molar-refractivity contribution in [2.75, 3.05) is 6.61 Å². The Morgan fingerprint density at radius 1 is 0.468 bits per heavy atom.